The second-order valence-electron chi connectivity index (χ2n) is 8.67. The topological polar surface area (TPSA) is 78.4 Å². The van der Waals surface area contributed by atoms with E-state index in [1.165, 1.54) is 12.8 Å². The van der Waals surface area contributed by atoms with Crippen molar-refractivity contribution in [1.29, 1.82) is 0 Å². The average molecular weight is 338 g/mol. The molecule has 5 nitrogen and oxygen atoms in total. The summed E-state index contributed by atoms with van der Waals surface area (Å²) in [5, 5.41) is 16.1. The van der Waals surface area contributed by atoms with Crippen molar-refractivity contribution in [3.05, 3.63) is 0 Å². The number of nitrogens with one attached hydrogen (secondary N) is 2. The van der Waals surface area contributed by atoms with Gasteiger partial charge in [0, 0.05) is 24.4 Å². The first-order valence-electron chi connectivity index (χ1n) is 9.53. The summed E-state index contributed by atoms with van der Waals surface area (Å²) in [4.78, 5) is 24.4. The molecule has 0 radical (unpaired) electrons. The van der Waals surface area contributed by atoms with Crippen LogP contribution < -0.4 is 10.6 Å². The Morgan fingerprint density at radius 1 is 0.958 bits per heavy atom. The number of carbonyl (C=O) groups excluding carboxylic acids is 2. The Balaban J connectivity index is 1.68. The van der Waals surface area contributed by atoms with E-state index >= 15 is 0 Å². The fraction of sp³-hybridized carbons (Fsp3) is 0.895. The Bertz CT molecular complexity index is 430. The first kappa shape index (κ1) is 19.2. The first-order chi connectivity index (χ1) is 11.3. The van der Waals surface area contributed by atoms with Crippen molar-refractivity contribution >= 4 is 11.8 Å². The Morgan fingerprint density at radius 2 is 1.50 bits per heavy atom. The van der Waals surface area contributed by atoms with Gasteiger partial charge in [-0.2, -0.15) is 0 Å². The Labute approximate surface area is 146 Å². The van der Waals surface area contributed by atoms with E-state index in [0.717, 1.165) is 38.5 Å². The molecule has 0 aromatic rings. The fourth-order valence-corrected chi connectivity index (χ4v) is 3.65. The number of rotatable bonds is 5. The molecule has 0 spiro atoms. The van der Waals surface area contributed by atoms with E-state index in [2.05, 4.69) is 10.6 Å². The molecule has 2 aliphatic carbocycles. The molecule has 2 saturated carbocycles. The molecule has 1 unspecified atom stereocenters. The van der Waals surface area contributed by atoms with Crippen LogP contribution in [0.1, 0.15) is 72.1 Å². The van der Waals surface area contributed by atoms with Crippen LogP contribution in [0.4, 0.5) is 0 Å². The minimum atomic E-state index is -0.538. The van der Waals surface area contributed by atoms with E-state index in [1.54, 1.807) is 0 Å². The van der Waals surface area contributed by atoms with Crippen LogP contribution >= 0.6 is 0 Å². The molecular weight excluding hydrogens is 304 g/mol. The summed E-state index contributed by atoms with van der Waals surface area (Å²) < 4.78 is 0. The molecule has 138 valence electrons. The van der Waals surface area contributed by atoms with Gasteiger partial charge in [0.15, 0.2) is 0 Å². The molecule has 0 bridgehead atoms. The van der Waals surface area contributed by atoms with Crippen LogP contribution in [-0.4, -0.2) is 35.6 Å². The monoisotopic (exact) mass is 338 g/mol. The third kappa shape index (κ3) is 5.47. The predicted octanol–water partition coefficient (Wildman–Crippen LogP) is 2.37. The summed E-state index contributed by atoms with van der Waals surface area (Å²) in [7, 11) is 0. The van der Waals surface area contributed by atoms with Crippen molar-refractivity contribution in [2.45, 2.75) is 84.3 Å². The van der Waals surface area contributed by atoms with Gasteiger partial charge in [0.1, 0.15) is 0 Å². The molecular formula is C19H34N2O3. The van der Waals surface area contributed by atoms with Gasteiger partial charge in [-0.3, -0.25) is 9.59 Å². The van der Waals surface area contributed by atoms with Crippen molar-refractivity contribution in [2.75, 3.05) is 6.54 Å². The van der Waals surface area contributed by atoms with E-state index in [4.69, 9.17) is 0 Å². The van der Waals surface area contributed by atoms with Gasteiger partial charge >= 0.3 is 0 Å². The second kappa shape index (κ2) is 8.32. The standard InChI is InChI=1S/C19H34N2O3/c1-19(2,3)16(22)12-20-17(23)14-8-10-15(11-9-14)21-18(24)13-6-4-5-7-13/h13-16,22H,4-12H2,1-3H3,(H,20,23)(H,21,24). The largest absolute Gasteiger partial charge is 0.391 e. The van der Waals surface area contributed by atoms with Crippen LogP contribution in [0.2, 0.25) is 0 Å². The molecule has 3 N–H and O–H groups in total. The highest BCUT2D eigenvalue weighted by molar-refractivity contribution is 5.80. The van der Waals surface area contributed by atoms with Crippen LogP contribution in [0.15, 0.2) is 0 Å². The number of hydrogen-bond acceptors (Lipinski definition) is 3. The second-order valence-corrected chi connectivity index (χ2v) is 8.67. The lowest BCUT2D eigenvalue weighted by atomic mass is 9.84. The van der Waals surface area contributed by atoms with Gasteiger partial charge in [-0.15, -0.1) is 0 Å². The van der Waals surface area contributed by atoms with Crippen molar-refractivity contribution in [1.82, 2.24) is 10.6 Å². The molecule has 0 aliphatic heterocycles. The van der Waals surface area contributed by atoms with Crippen molar-refractivity contribution in [2.24, 2.45) is 17.3 Å². The summed E-state index contributed by atoms with van der Waals surface area (Å²) in [6.07, 6.45) is 7.23. The highest BCUT2D eigenvalue weighted by Crippen LogP contribution is 2.28. The quantitative estimate of drug-likeness (QED) is 0.720. The van der Waals surface area contributed by atoms with Crippen LogP contribution in [0.25, 0.3) is 0 Å². The molecule has 0 saturated heterocycles. The van der Waals surface area contributed by atoms with Crippen LogP contribution in [0.5, 0.6) is 0 Å². The molecule has 0 aromatic heterocycles. The summed E-state index contributed by atoms with van der Waals surface area (Å²) in [6.45, 7) is 6.19. The molecule has 0 heterocycles. The number of aliphatic hydroxyl groups excluding tert-OH is 1. The minimum absolute atomic E-state index is 0.0109. The van der Waals surface area contributed by atoms with E-state index in [9.17, 15) is 14.7 Å². The Hall–Kier alpha value is -1.10. The van der Waals surface area contributed by atoms with Crippen LogP contribution in [0, 0.1) is 17.3 Å². The Kier molecular flexibility index (Phi) is 6.67. The summed E-state index contributed by atoms with van der Waals surface area (Å²) in [5.74, 6) is 0.481. The molecule has 5 heteroatoms. The smallest absolute Gasteiger partial charge is 0.223 e. The van der Waals surface area contributed by atoms with E-state index in [-0.39, 0.29) is 35.1 Å². The molecule has 2 amide bonds. The maximum atomic E-state index is 12.3. The maximum absolute atomic E-state index is 12.3. The summed E-state index contributed by atoms with van der Waals surface area (Å²) in [5.41, 5.74) is -0.227. The van der Waals surface area contributed by atoms with Gasteiger partial charge in [-0.1, -0.05) is 33.6 Å². The summed E-state index contributed by atoms with van der Waals surface area (Å²) >= 11 is 0. The van der Waals surface area contributed by atoms with E-state index < -0.39 is 6.10 Å². The normalized spacial score (nSPS) is 26.8. The van der Waals surface area contributed by atoms with Gasteiger partial charge in [-0.25, -0.2) is 0 Å². The molecule has 2 rings (SSSR count). The number of amides is 2. The molecule has 2 aliphatic rings. The lowest BCUT2D eigenvalue weighted by Gasteiger charge is -2.30. The van der Waals surface area contributed by atoms with Crippen LogP contribution in [-0.2, 0) is 9.59 Å². The predicted molar refractivity (Wildman–Crippen MR) is 94.3 cm³/mol. The maximum Gasteiger partial charge on any atom is 0.223 e. The Morgan fingerprint density at radius 3 is 2.04 bits per heavy atom. The SMILES string of the molecule is CC(C)(C)C(O)CNC(=O)C1CCC(NC(=O)C2CCCC2)CC1. The van der Waals surface area contributed by atoms with Gasteiger partial charge in [0.25, 0.3) is 0 Å². The van der Waals surface area contributed by atoms with Gasteiger partial charge < -0.3 is 15.7 Å². The molecule has 1 atom stereocenters. The number of carbonyl (C=O) groups is 2. The zero-order valence-corrected chi connectivity index (χ0v) is 15.4. The first-order valence-corrected chi connectivity index (χ1v) is 9.53. The van der Waals surface area contributed by atoms with Crippen molar-refractivity contribution in [3.8, 4) is 0 Å². The lowest BCUT2D eigenvalue weighted by molar-refractivity contribution is -0.127. The van der Waals surface area contributed by atoms with Gasteiger partial charge in [-0.05, 0) is 43.9 Å². The van der Waals surface area contributed by atoms with Crippen molar-refractivity contribution < 1.29 is 14.7 Å². The zero-order valence-electron chi connectivity index (χ0n) is 15.4. The summed E-state index contributed by atoms with van der Waals surface area (Å²) in [6, 6.07) is 0.224. The third-order valence-corrected chi connectivity index (χ3v) is 5.64. The number of aliphatic hydroxyl groups is 1. The molecule has 2 fully saturated rings. The van der Waals surface area contributed by atoms with E-state index in [1.807, 2.05) is 20.8 Å². The van der Waals surface area contributed by atoms with Crippen molar-refractivity contribution in [3.63, 3.8) is 0 Å². The highest BCUT2D eigenvalue weighted by atomic mass is 16.3. The van der Waals surface area contributed by atoms with Gasteiger partial charge in [0.05, 0.1) is 6.10 Å². The highest BCUT2D eigenvalue weighted by Gasteiger charge is 2.30. The van der Waals surface area contributed by atoms with E-state index in [0.29, 0.717) is 6.54 Å². The number of hydrogen-bond donors (Lipinski definition) is 3. The average Bonchev–Trinajstić information content (AvgIpc) is 3.06. The fourth-order valence-electron chi connectivity index (χ4n) is 3.65. The lowest BCUT2D eigenvalue weighted by Crippen LogP contribution is -2.44. The third-order valence-electron chi connectivity index (χ3n) is 5.64. The molecule has 24 heavy (non-hydrogen) atoms. The minimum Gasteiger partial charge on any atom is -0.391 e. The zero-order chi connectivity index (χ0) is 17.7. The molecule has 0 aromatic carbocycles. The van der Waals surface area contributed by atoms with Crippen LogP contribution in [0.3, 0.4) is 0 Å². The van der Waals surface area contributed by atoms with Gasteiger partial charge in [0.2, 0.25) is 11.8 Å².